The standard InChI is InChI=1S/C19H23NO3/c1-3-17(13-4-6-19-14(10-13)8-9-23-19)20-16-5-7-18(22-2)15(11-16)12-21/h4-7,10-11,17,20-21H,3,8-9,12H2,1-2H3. The number of anilines is 1. The van der Waals surface area contributed by atoms with Crippen molar-refractivity contribution < 1.29 is 14.6 Å². The zero-order valence-electron chi connectivity index (χ0n) is 13.6. The van der Waals surface area contributed by atoms with Crippen molar-refractivity contribution in [1.82, 2.24) is 0 Å². The van der Waals surface area contributed by atoms with E-state index in [1.165, 1.54) is 11.1 Å². The number of aliphatic hydroxyl groups is 1. The summed E-state index contributed by atoms with van der Waals surface area (Å²) in [6, 6.07) is 12.5. The van der Waals surface area contributed by atoms with Gasteiger partial charge in [0, 0.05) is 17.7 Å². The molecule has 4 nitrogen and oxygen atoms in total. The van der Waals surface area contributed by atoms with Gasteiger partial charge in [0.25, 0.3) is 0 Å². The summed E-state index contributed by atoms with van der Waals surface area (Å²) in [7, 11) is 1.61. The van der Waals surface area contributed by atoms with Gasteiger partial charge >= 0.3 is 0 Å². The molecule has 122 valence electrons. The zero-order valence-corrected chi connectivity index (χ0v) is 13.6. The van der Waals surface area contributed by atoms with Crippen molar-refractivity contribution in [3.05, 3.63) is 53.1 Å². The van der Waals surface area contributed by atoms with Gasteiger partial charge in [-0.25, -0.2) is 0 Å². The number of ether oxygens (including phenoxy) is 2. The molecule has 1 unspecified atom stereocenters. The van der Waals surface area contributed by atoms with Crippen LogP contribution in [0.5, 0.6) is 11.5 Å². The Kier molecular flexibility index (Phi) is 4.72. The first-order valence-corrected chi connectivity index (χ1v) is 8.05. The van der Waals surface area contributed by atoms with Crippen LogP contribution in [0.1, 0.15) is 36.1 Å². The van der Waals surface area contributed by atoms with E-state index in [1.54, 1.807) is 7.11 Å². The molecule has 1 aliphatic heterocycles. The number of benzene rings is 2. The van der Waals surface area contributed by atoms with Crippen LogP contribution >= 0.6 is 0 Å². The highest BCUT2D eigenvalue weighted by atomic mass is 16.5. The summed E-state index contributed by atoms with van der Waals surface area (Å²) in [4.78, 5) is 0. The van der Waals surface area contributed by atoms with Crippen molar-refractivity contribution in [3.8, 4) is 11.5 Å². The van der Waals surface area contributed by atoms with E-state index >= 15 is 0 Å². The second kappa shape index (κ2) is 6.92. The van der Waals surface area contributed by atoms with E-state index in [1.807, 2.05) is 18.2 Å². The minimum absolute atomic E-state index is 0.0360. The number of nitrogens with one attached hydrogen (secondary N) is 1. The third-order valence-corrected chi connectivity index (χ3v) is 4.32. The number of methoxy groups -OCH3 is 1. The van der Waals surface area contributed by atoms with Gasteiger partial charge in [0.2, 0.25) is 0 Å². The molecular formula is C19H23NO3. The molecule has 1 aliphatic rings. The molecular weight excluding hydrogens is 290 g/mol. The van der Waals surface area contributed by atoms with Crippen LogP contribution in [0.3, 0.4) is 0 Å². The second-order valence-electron chi connectivity index (χ2n) is 5.76. The summed E-state index contributed by atoms with van der Waals surface area (Å²) < 4.78 is 10.8. The van der Waals surface area contributed by atoms with Gasteiger partial charge in [0.1, 0.15) is 11.5 Å². The molecule has 0 amide bonds. The maximum Gasteiger partial charge on any atom is 0.124 e. The fourth-order valence-electron chi connectivity index (χ4n) is 3.04. The molecule has 0 saturated carbocycles. The van der Waals surface area contributed by atoms with Crippen molar-refractivity contribution in [1.29, 1.82) is 0 Å². The summed E-state index contributed by atoms with van der Waals surface area (Å²) in [5.41, 5.74) is 4.32. The number of hydrogen-bond acceptors (Lipinski definition) is 4. The minimum Gasteiger partial charge on any atom is -0.496 e. The molecule has 0 radical (unpaired) electrons. The molecule has 0 spiro atoms. The van der Waals surface area contributed by atoms with Crippen LogP contribution < -0.4 is 14.8 Å². The molecule has 1 atom stereocenters. The second-order valence-corrected chi connectivity index (χ2v) is 5.76. The average Bonchev–Trinajstić information content (AvgIpc) is 3.07. The van der Waals surface area contributed by atoms with Crippen LogP contribution in [-0.4, -0.2) is 18.8 Å². The van der Waals surface area contributed by atoms with E-state index in [-0.39, 0.29) is 12.6 Å². The first kappa shape index (κ1) is 15.7. The van der Waals surface area contributed by atoms with Crippen LogP contribution in [0.25, 0.3) is 0 Å². The van der Waals surface area contributed by atoms with E-state index in [9.17, 15) is 5.11 Å². The van der Waals surface area contributed by atoms with Gasteiger partial charge in [-0.05, 0) is 47.9 Å². The molecule has 2 aromatic rings. The number of rotatable bonds is 6. The molecule has 23 heavy (non-hydrogen) atoms. The summed E-state index contributed by atoms with van der Waals surface area (Å²) in [5.74, 6) is 1.72. The lowest BCUT2D eigenvalue weighted by atomic mass is 10.00. The van der Waals surface area contributed by atoms with E-state index in [4.69, 9.17) is 9.47 Å². The van der Waals surface area contributed by atoms with E-state index in [0.29, 0.717) is 5.75 Å². The van der Waals surface area contributed by atoms with Gasteiger partial charge in [-0.2, -0.15) is 0 Å². The predicted molar refractivity (Wildman–Crippen MR) is 91.2 cm³/mol. The first-order valence-electron chi connectivity index (χ1n) is 8.05. The number of aliphatic hydroxyl groups excluding tert-OH is 1. The number of fused-ring (bicyclic) bond motifs is 1. The molecule has 4 heteroatoms. The molecule has 0 saturated heterocycles. The number of hydrogen-bond donors (Lipinski definition) is 2. The lowest BCUT2D eigenvalue weighted by Crippen LogP contribution is -2.10. The molecule has 1 heterocycles. The average molecular weight is 313 g/mol. The Labute approximate surface area is 137 Å². The van der Waals surface area contributed by atoms with Gasteiger partial charge in [0.15, 0.2) is 0 Å². The molecule has 2 aromatic carbocycles. The van der Waals surface area contributed by atoms with Gasteiger partial charge in [-0.15, -0.1) is 0 Å². The van der Waals surface area contributed by atoms with Crippen molar-refractivity contribution in [3.63, 3.8) is 0 Å². The van der Waals surface area contributed by atoms with E-state index < -0.39 is 0 Å². The van der Waals surface area contributed by atoms with Gasteiger partial charge < -0.3 is 19.9 Å². The summed E-state index contributed by atoms with van der Waals surface area (Å²) in [5, 5.41) is 13.0. The lowest BCUT2D eigenvalue weighted by Gasteiger charge is -2.20. The quantitative estimate of drug-likeness (QED) is 0.854. The molecule has 0 aliphatic carbocycles. The van der Waals surface area contributed by atoms with E-state index in [2.05, 4.69) is 30.4 Å². The monoisotopic (exact) mass is 313 g/mol. The highest BCUT2D eigenvalue weighted by molar-refractivity contribution is 5.53. The third kappa shape index (κ3) is 3.27. The third-order valence-electron chi connectivity index (χ3n) is 4.32. The van der Waals surface area contributed by atoms with Gasteiger partial charge in [-0.1, -0.05) is 13.0 Å². The van der Waals surface area contributed by atoms with Crippen LogP contribution in [-0.2, 0) is 13.0 Å². The minimum atomic E-state index is -0.0360. The topological polar surface area (TPSA) is 50.7 Å². The molecule has 0 bridgehead atoms. The fraction of sp³-hybridized carbons (Fsp3) is 0.368. The smallest absolute Gasteiger partial charge is 0.124 e. The molecule has 2 N–H and O–H groups in total. The summed E-state index contributed by atoms with van der Waals surface area (Å²) in [6.07, 6.45) is 1.96. The molecule has 0 fully saturated rings. The van der Waals surface area contributed by atoms with E-state index in [0.717, 1.165) is 36.4 Å². The predicted octanol–water partition coefficient (Wildman–Crippen LogP) is 3.69. The summed E-state index contributed by atoms with van der Waals surface area (Å²) >= 11 is 0. The fourth-order valence-corrected chi connectivity index (χ4v) is 3.04. The SMILES string of the molecule is CCC(Nc1ccc(OC)c(CO)c1)c1ccc2c(c1)CCO2. The van der Waals surface area contributed by atoms with Crippen LogP contribution in [0.4, 0.5) is 5.69 Å². The first-order chi connectivity index (χ1) is 11.2. The maximum absolute atomic E-state index is 9.47. The lowest BCUT2D eigenvalue weighted by molar-refractivity contribution is 0.274. The Morgan fingerprint density at radius 2 is 2.13 bits per heavy atom. The van der Waals surface area contributed by atoms with Crippen LogP contribution in [0.15, 0.2) is 36.4 Å². The maximum atomic E-state index is 9.47. The Morgan fingerprint density at radius 3 is 2.87 bits per heavy atom. The Morgan fingerprint density at radius 1 is 1.26 bits per heavy atom. The van der Waals surface area contributed by atoms with Gasteiger partial charge in [-0.3, -0.25) is 0 Å². The molecule has 0 aromatic heterocycles. The Hall–Kier alpha value is -2.20. The normalized spacial score (nSPS) is 14.0. The van der Waals surface area contributed by atoms with Crippen LogP contribution in [0.2, 0.25) is 0 Å². The zero-order chi connectivity index (χ0) is 16.2. The van der Waals surface area contributed by atoms with Crippen molar-refractivity contribution in [2.24, 2.45) is 0 Å². The highest BCUT2D eigenvalue weighted by Gasteiger charge is 2.16. The van der Waals surface area contributed by atoms with Crippen molar-refractivity contribution in [2.75, 3.05) is 19.0 Å². The molecule has 3 rings (SSSR count). The Bertz CT molecular complexity index is 684. The highest BCUT2D eigenvalue weighted by Crippen LogP contribution is 2.31. The van der Waals surface area contributed by atoms with Gasteiger partial charge in [0.05, 0.1) is 26.4 Å². The van der Waals surface area contributed by atoms with Crippen molar-refractivity contribution in [2.45, 2.75) is 32.4 Å². The van der Waals surface area contributed by atoms with Crippen molar-refractivity contribution >= 4 is 5.69 Å². The Balaban J connectivity index is 1.82. The summed E-state index contributed by atoms with van der Waals surface area (Å²) in [6.45, 7) is 2.91. The largest absolute Gasteiger partial charge is 0.496 e. The van der Waals surface area contributed by atoms with Crippen LogP contribution in [0, 0.1) is 0 Å².